The summed E-state index contributed by atoms with van der Waals surface area (Å²) >= 11 is 1.51. The standard InChI is InChI=1S/C16H12N6S/c1-2-6-12(7-3-1)14-15(22-11-17-10-19-22)23-16(21-14)20-13-8-4-5-9-18-13/h1-11H,(H,18,20,21). The summed E-state index contributed by atoms with van der Waals surface area (Å²) in [6.07, 6.45) is 4.93. The van der Waals surface area contributed by atoms with Gasteiger partial charge in [-0.1, -0.05) is 47.7 Å². The zero-order valence-corrected chi connectivity index (χ0v) is 12.8. The molecule has 0 aliphatic carbocycles. The highest BCUT2D eigenvalue weighted by atomic mass is 32.1. The van der Waals surface area contributed by atoms with Crippen LogP contribution in [0.4, 0.5) is 10.9 Å². The third kappa shape index (κ3) is 2.82. The van der Waals surface area contributed by atoms with Crippen molar-refractivity contribution in [3.8, 4) is 16.3 Å². The summed E-state index contributed by atoms with van der Waals surface area (Å²) < 4.78 is 1.73. The number of rotatable bonds is 4. The normalized spacial score (nSPS) is 10.6. The number of hydrogen-bond acceptors (Lipinski definition) is 6. The molecular formula is C16H12N6S. The van der Waals surface area contributed by atoms with Gasteiger partial charge >= 0.3 is 0 Å². The number of nitrogens with zero attached hydrogens (tertiary/aromatic N) is 5. The van der Waals surface area contributed by atoms with Crippen molar-refractivity contribution in [1.29, 1.82) is 0 Å². The molecule has 4 aromatic rings. The highest BCUT2D eigenvalue weighted by molar-refractivity contribution is 7.18. The molecule has 0 unspecified atom stereocenters. The van der Waals surface area contributed by atoms with Gasteiger partial charge in [0, 0.05) is 11.8 Å². The van der Waals surface area contributed by atoms with Gasteiger partial charge in [-0.3, -0.25) is 0 Å². The smallest absolute Gasteiger partial charge is 0.190 e. The second-order valence-electron chi connectivity index (χ2n) is 4.72. The lowest BCUT2D eigenvalue weighted by Gasteiger charge is -2.00. The molecule has 23 heavy (non-hydrogen) atoms. The fourth-order valence-electron chi connectivity index (χ4n) is 2.16. The first-order valence-corrected chi connectivity index (χ1v) is 7.81. The van der Waals surface area contributed by atoms with E-state index in [1.54, 1.807) is 17.2 Å². The van der Waals surface area contributed by atoms with Gasteiger partial charge in [-0.15, -0.1) is 0 Å². The topological polar surface area (TPSA) is 68.5 Å². The number of benzene rings is 1. The van der Waals surface area contributed by atoms with E-state index in [1.165, 1.54) is 17.7 Å². The fourth-order valence-corrected chi connectivity index (χ4v) is 3.09. The van der Waals surface area contributed by atoms with Crippen LogP contribution in [0.3, 0.4) is 0 Å². The second-order valence-corrected chi connectivity index (χ2v) is 5.70. The molecule has 0 aliphatic heterocycles. The Morgan fingerprint density at radius 2 is 1.87 bits per heavy atom. The van der Waals surface area contributed by atoms with E-state index in [4.69, 9.17) is 4.98 Å². The Kier molecular flexibility index (Phi) is 3.53. The Balaban J connectivity index is 1.78. The predicted octanol–water partition coefficient (Wildman–Crippen LogP) is 3.53. The number of nitrogens with one attached hydrogen (secondary N) is 1. The van der Waals surface area contributed by atoms with Crippen molar-refractivity contribution in [2.24, 2.45) is 0 Å². The van der Waals surface area contributed by atoms with E-state index >= 15 is 0 Å². The summed E-state index contributed by atoms with van der Waals surface area (Å²) in [4.78, 5) is 13.0. The molecule has 3 heterocycles. The van der Waals surface area contributed by atoms with Gasteiger partial charge in [0.05, 0.1) is 0 Å². The molecule has 4 rings (SSSR count). The molecule has 6 nitrogen and oxygen atoms in total. The molecule has 0 atom stereocenters. The fraction of sp³-hybridized carbons (Fsp3) is 0. The van der Waals surface area contributed by atoms with Gasteiger partial charge in [0.1, 0.15) is 29.2 Å². The van der Waals surface area contributed by atoms with Crippen molar-refractivity contribution >= 4 is 22.3 Å². The molecule has 0 saturated heterocycles. The van der Waals surface area contributed by atoms with Gasteiger partial charge in [0.15, 0.2) is 5.13 Å². The maximum absolute atomic E-state index is 4.71. The molecule has 1 N–H and O–H groups in total. The molecule has 0 bridgehead atoms. The first kappa shape index (κ1) is 13.6. The quantitative estimate of drug-likeness (QED) is 0.623. The van der Waals surface area contributed by atoms with E-state index in [0.717, 1.165) is 27.2 Å². The van der Waals surface area contributed by atoms with Gasteiger partial charge in [-0.25, -0.2) is 19.6 Å². The minimum atomic E-state index is 0.756. The number of anilines is 2. The molecular weight excluding hydrogens is 308 g/mol. The third-order valence-electron chi connectivity index (χ3n) is 3.18. The van der Waals surface area contributed by atoms with E-state index in [0.29, 0.717) is 0 Å². The SMILES string of the molecule is c1ccc(-c2nc(Nc3ccccn3)sc2-n2cncn2)cc1. The van der Waals surface area contributed by atoms with Crippen LogP contribution >= 0.6 is 11.3 Å². The van der Waals surface area contributed by atoms with Crippen LogP contribution in [0.15, 0.2) is 67.4 Å². The second kappa shape index (κ2) is 5.98. The summed E-state index contributed by atoms with van der Waals surface area (Å²) in [5.74, 6) is 0.756. The number of thiazole rings is 1. The predicted molar refractivity (Wildman–Crippen MR) is 90.0 cm³/mol. The lowest BCUT2D eigenvalue weighted by Crippen LogP contribution is -1.94. The van der Waals surface area contributed by atoms with E-state index in [-0.39, 0.29) is 0 Å². The monoisotopic (exact) mass is 320 g/mol. The Labute approximate surface area is 136 Å². The zero-order chi connectivity index (χ0) is 15.5. The van der Waals surface area contributed by atoms with Gasteiger partial charge in [0.25, 0.3) is 0 Å². The van der Waals surface area contributed by atoms with Gasteiger partial charge in [-0.2, -0.15) is 5.10 Å². The maximum atomic E-state index is 4.71. The minimum Gasteiger partial charge on any atom is -0.316 e. The first-order valence-electron chi connectivity index (χ1n) is 6.99. The highest BCUT2D eigenvalue weighted by Crippen LogP contribution is 2.34. The summed E-state index contributed by atoms with van der Waals surface area (Å²) in [5, 5.41) is 9.12. The van der Waals surface area contributed by atoms with E-state index in [9.17, 15) is 0 Å². The lowest BCUT2D eigenvalue weighted by atomic mass is 10.2. The summed E-state index contributed by atoms with van der Waals surface area (Å²) in [6.45, 7) is 0. The average molecular weight is 320 g/mol. The molecule has 0 aliphatic rings. The zero-order valence-electron chi connectivity index (χ0n) is 12.0. The number of hydrogen-bond donors (Lipinski definition) is 1. The Hall–Kier alpha value is -3.06. The van der Waals surface area contributed by atoms with Crippen molar-refractivity contribution in [3.63, 3.8) is 0 Å². The van der Waals surface area contributed by atoms with Crippen molar-refractivity contribution in [1.82, 2.24) is 24.7 Å². The Morgan fingerprint density at radius 1 is 1.00 bits per heavy atom. The third-order valence-corrected chi connectivity index (χ3v) is 4.14. The number of aromatic nitrogens is 5. The van der Waals surface area contributed by atoms with Crippen LogP contribution in [0.25, 0.3) is 16.3 Å². The molecule has 3 aromatic heterocycles. The first-order chi connectivity index (χ1) is 11.4. The molecule has 112 valence electrons. The van der Waals surface area contributed by atoms with Crippen LogP contribution in [0.2, 0.25) is 0 Å². The van der Waals surface area contributed by atoms with E-state index < -0.39 is 0 Å². The van der Waals surface area contributed by atoms with Gasteiger partial charge in [0.2, 0.25) is 0 Å². The Bertz CT molecular complexity index is 887. The van der Waals surface area contributed by atoms with Gasteiger partial charge < -0.3 is 5.32 Å². The van der Waals surface area contributed by atoms with Crippen LogP contribution < -0.4 is 5.32 Å². The molecule has 0 saturated carbocycles. The molecule has 0 spiro atoms. The van der Waals surface area contributed by atoms with Gasteiger partial charge in [-0.05, 0) is 12.1 Å². The van der Waals surface area contributed by atoms with E-state index in [2.05, 4.69) is 20.4 Å². The van der Waals surface area contributed by atoms with Crippen LogP contribution in [-0.2, 0) is 0 Å². The molecule has 0 amide bonds. The summed E-state index contributed by atoms with van der Waals surface area (Å²) in [7, 11) is 0. The molecule has 0 radical (unpaired) electrons. The molecule has 7 heteroatoms. The van der Waals surface area contributed by atoms with Crippen molar-refractivity contribution in [2.75, 3.05) is 5.32 Å². The van der Waals surface area contributed by atoms with Crippen LogP contribution in [0.1, 0.15) is 0 Å². The van der Waals surface area contributed by atoms with Crippen molar-refractivity contribution in [2.45, 2.75) is 0 Å². The average Bonchev–Trinajstić information content (AvgIpc) is 3.26. The van der Waals surface area contributed by atoms with Crippen molar-refractivity contribution in [3.05, 3.63) is 67.4 Å². The van der Waals surface area contributed by atoms with Crippen molar-refractivity contribution < 1.29 is 0 Å². The molecule has 0 fully saturated rings. The van der Waals surface area contributed by atoms with Crippen LogP contribution in [-0.4, -0.2) is 24.7 Å². The van der Waals surface area contributed by atoms with Crippen LogP contribution in [0, 0.1) is 0 Å². The Morgan fingerprint density at radius 3 is 2.61 bits per heavy atom. The maximum Gasteiger partial charge on any atom is 0.190 e. The summed E-state index contributed by atoms with van der Waals surface area (Å²) in [6, 6.07) is 15.7. The minimum absolute atomic E-state index is 0.756. The van der Waals surface area contributed by atoms with E-state index in [1.807, 2.05) is 48.5 Å². The largest absolute Gasteiger partial charge is 0.316 e. The number of pyridine rings is 1. The lowest BCUT2D eigenvalue weighted by molar-refractivity contribution is 0.895. The highest BCUT2D eigenvalue weighted by Gasteiger charge is 2.15. The van der Waals surface area contributed by atoms with Crippen LogP contribution in [0.5, 0.6) is 0 Å². The summed E-state index contributed by atoms with van der Waals surface area (Å²) in [5.41, 5.74) is 1.89. The molecule has 1 aromatic carbocycles.